The summed E-state index contributed by atoms with van der Waals surface area (Å²) >= 11 is 0. The molecule has 0 aliphatic heterocycles. The van der Waals surface area contributed by atoms with E-state index in [0.717, 1.165) is 26.9 Å². The largest absolute Gasteiger partial charge is 0.465 e. The molecule has 0 radical (unpaired) electrons. The lowest BCUT2D eigenvalue weighted by molar-refractivity contribution is -0.132. The van der Waals surface area contributed by atoms with E-state index >= 15 is 0 Å². The highest BCUT2D eigenvalue weighted by Crippen LogP contribution is 2.29. The van der Waals surface area contributed by atoms with Gasteiger partial charge in [0.15, 0.2) is 0 Å². The number of hydrogen-bond acceptors (Lipinski definition) is 2. The molecule has 0 saturated carbocycles. The second-order valence-electron chi connectivity index (χ2n) is 8.91. The summed E-state index contributed by atoms with van der Waals surface area (Å²) in [5, 5.41) is 14.2. The van der Waals surface area contributed by atoms with Gasteiger partial charge >= 0.3 is 6.09 Å². The lowest BCUT2D eigenvalue weighted by Gasteiger charge is -2.39. The van der Waals surface area contributed by atoms with Gasteiger partial charge in [0.25, 0.3) is 0 Å². The van der Waals surface area contributed by atoms with Crippen molar-refractivity contribution in [2.75, 3.05) is 0 Å². The quantitative estimate of drug-likeness (QED) is 0.308. The molecule has 7 heteroatoms. The van der Waals surface area contributed by atoms with Crippen molar-refractivity contribution in [1.82, 2.24) is 15.2 Å². The van der Waals surface area contributed by atoms with Crippen molar-refractivity contribution >= 4 is 22.9 Å². The summed E-state index contributed by atoms with van der Waals surface area (Å²) in [6.07, 6.45) is 0.728. The van der Waals surface area contributed by atoms with Gasteiger partial charge in [0.2, 0.25) is 5.91 Å². The van der Waals surface area contributed by atoms with E-state index in [2.05, 4.69) is 10.3 Å². The Morgan fingerprint density at radius 2 is 1.69 bits per heavy atom. The van der Waals surface area contributed by atoms with Gasteiger partial charge in [-0.15, -0.1) is 0 Å². The normalized spacial score (nSPS) is 13.7. The van der Waals surface area contributed by atoms with Crippen LogP contribution in [-0.2, 0) is 17.8 Å². The Morgan fingerprint density at radius 1 is 1.03 bits per heavy atom. The van der Waals surface area contributed by atoms with E-state index in [1.54, 1.807) is 6.92 Å². The lowest BCUT2D eigenvalue weighted by atomic mass is 9.88. The predicted octanol–water partition coefficient (Wildman–Crippen LogP) is 5.67. The molecule has 35 heavy (non-hydrogen) atoms. The van der Waals surface area contributed by atoms with Crippen LogP contribution in [0.25, 0.3) is 10.9 Å². The smallest absolute Gasteiger partial charge is 0.408 e. The summed E-state index contributed by atoms with van der Waals surface area (Å²) in [4.78, 5) is 30.7. The molecule has 0 aliphatic rings. The number of nitrogens with one attached hydrogen (secondary N) is 2. The van der Waals surface area contributed by atoms with E-state index < -0.39 is 23.4 Å². The second-order valence-corrected chi connectivity index (χ2v) is 8.91. The molecule has 3 aromatic carbocycles. The van der Waals surface area contributed by atoms with Gasteiger partial charge in [0.1, 0.15) is 11.4 Å². The topological polar surface area (TPSA) is 85.4 Å². The maximum absolute atomic E-state index is 13.8. The van der Waals surface area contributed by atoms with Gasteiger partial charge in [-0.05, 0) is 48.7 Å². The average Bonchev–Trinajstić information content (AvgIpc) is 3.26. The van der Waals surface area contributed by atoms with Gasteiger partial charge in [-0.3, -0.25) is 9.69 Å². The van der Waals surface area contributed by atoms with Gasteiger partial charge < -0.3 is 15.4 Å². The van der Waals surface area contributed by atoms with E-state index in [4.69, 9.17) is 0 Å². The number of H-pyrrole nitrogens is 1. The summed E-state index contributed by atoms with van der Waals surface area (Å²) in [7, 11) is 0. The Kier molecular flexibility index (Phi) is 6.87. The highest BCUT2D eigenvalue weighted by atomic mass is 19.1. The third kappa shape index (κ3) is 5.19. The number of rotatable bonds is 8. The molecule has 2 amide bonds. The second kappa shape index (κ2) is 10.0. The van der Waals surface area contributed by atoms with E-state index in [1.165, 1.54) is 24.3 Å². The minimum Gasteiger partial charge on any atom is -0.465 e. The van der Waals surface area contributed by atoms with Crippen molar-refractivity contribution in [2.24, 2.45) is 0 Å². The maximum atomic E-state index is 13.8. The van der Waals surface area contributed by atoms with Crippen LogP contribution in [0.5, 0.6) is 0 Å². The Bertz CT molecular complexity index is 1320. The molecule has 1 heterocycles. The van der Waals surface area contributed by atoms with Crippen LogP contribution in [0.15, 0.2) is 85.1 Å². The highest BCUT2D eigenvalue weighted by Gasteiger charge is 2.43. The Hall–Kier alpha value is -4.13. The van der Waals surface area contributed by atoms with Crippen molar-refractivity contribution in [3.63, 3.8) is 0 Å². The van der Waals surface area contributed by atoms with Crippen LogP contribution in [0.2, 0.25) is 0 Å². The molecule has 2 unspecified atom stereocenters. The minimum atomic E-state index is -1.45. The number of hydrogen-bond donors (Lipinski definition) is 3. The maximum Gasteiger partial charge on any atom is 0.408 e. The number of carbonyl (C=O) groups is 2. The fraction of sp³-hybridized carbons (Fsp3) is 0.214. The Morgan fingerprint density at radius 3 is 2.37 bits per heavy atom. The number of para-hydroxylation sites is 1. The first-order valence-electron chi connectivity index (χ1n) is 11.4. The van der Waals surface area contributed by atoms with Crippen LogP contribution >= 0.6 is 0 Å². The average molecular weight is 474 g/mol. The fourth-order valence-corrected chi connectivity index (χ4v) is 4.35. The van der Waals surface area contributed by atoms with Gasteiger partial charge in [0, 0.05) is 23.5 Å². The molecule has 0 fully saturated rings. The number of halogens is 1. The van der Waals surface area contributed by atoms with Crippen molar-refractivity contribution in [1.29, 1.82) is 0 Å². The van der Waals surface area contributed by atoms with E-state index in [-0.39, 0.29) is 19.0 Å². The number of carboxylic acid groups (broad SMARTS) is 1. The van der Waals surface area contributed by atoms with Crippen molar-refractivity contribution in [2.45, 2.75) is 38.4 Å². The third-order valence-corrected chi connectivity index (χ3v) is 6.43. The van der Waals surface area contributed by atoms with Crippen molar-refractivity contribution < 1.29 is 19.1 Å². The molecule has 0 bridgehead atoms. The zero-order valence-electron chi connectivity index (χ0n) is 19.7. The summed E-state index contributed by atoms with van der Waals surface area (Å²) in [5.74, 6) is -0.824. The first kappa shape index (κ1) is 24.0. The first-order valence-corrected chi connectivity index (χ1v) is 11.4. The Labute approximate surface area is 203 Å². The standard InChI is InChI=1S/C28H28FN3O3/c1-19(21-8-4-3-5-9-21)31-26(33)28(2,16-22-17-30-25-11-7-6-10-24(22)25)32(27(34)35)18-20-12-14-23(29)15-13-20/h3-15,17,19,30H,16,18H2,1-2H3,(H,31,33)(H,34,35). The van der Waals surface area contributed by atoms with Crippen molar-refractivity contribution in [3.05, 3.63) is 108 Å². The number of amides is 2. The summed E-state index contributed by atoms with van der Waals surface area (Å²) < 4.78 is 13.5. The van der Waals surface area contributed by atoms with Crippen LogP contribution in [0, 0.1) is 5.82 Å². The van der Waals surface area contributed by atoms with Gasteiger partial charge in [-0.1, -0.05) is 60.7 Å². The van der Waals surface area contributed by atoms with Crippen LogP contribution in [-0.4, -0.2) is 32.5 Å². The molecular formula is C28H28FN3O3. The fourth-order valence-electron chi connectivity index (χ4n) is 4.35. The van der Waals surface area contributed by atoms with Crippen LogP contribution in [0.4, 0.5) is 9.18 Å². The number of benzene rings is 3. The molecule has 6 nitrogen and oxygen atoms in total. The molecule has 1 aromatic heterocycles. The van der Waals surface area contributed by atoms with Gasteiger partial charge in [0.05, 0.1) is 12.6 Å². The monoisotopic (exact) mass is 473 g/mol. The van der Waals surface area contributed by atoms with E-state index in [0.29, 0.717) is 5.56 Å². The van der Waals surface area contributed by atoms with Crippen LogP contribution in [0.3, 0.4) is 0 Å². The molecule has 4 rings (SSSR count). The molecule has 2 atom stereocenters. The van der Waals surface area contributed by atoms with Crippen molar-refractivity contribution in [3.8, 4) is 0 Å². The van der Waals surface area contributed by atoms with E-state index in [9.17, 15) is 19.1 Å². The Balaban J connectivity index is 1.72. The zero-order chi connectivity index (χ0) is 25.0. The van der Waals surface area contributed by atoms with E-state index in [1.807, 2.05) is 67.7 Å². The predicted molar refractivity (Wildman–Crippen MR) is 133 cm³/mol. The summed E-state index contributed by atoms with van der Waals surface area (Å²) in [5.41, 5.74) is 1.78. The molecule has 180 valence electrons. The summed E-state index contributed by atoms with van der Waals surface area (Å²) in [6.45, 7) is 3.44. The van der Waals surface area contributed by atoms with Crippen LogP contribution in [0.1, 0.15) is 36.6 Å². The molecule has 0 saturated heterocycles. The highest BCUT2D eigenvalue weighted by molar-refractivity contribution is 5.91. The number of fused-ring (bicyclic) bond motifs is 1. The number of carbonyl (C=O) groups excluding carboxylic acids is 1. The third-order valence-electron chi connectivity index (χ3n) is 6.43. The van der Waals surface area contributed by atoms with Gasteiger partial charge in [-0.25, -0.2) is 9.18 Å². The number of nitrogens with zero attached hydrogens (tertiary/aromatic N) is 1. The summed E-state index contributed by atoms with van der Waals surface area (Å²) in [6, 6.07) is 22.5. The number of aromatic nitrogens is 1. The van der Waals surface area contributed by atoms with Gasteiger partial charge in [-0.2, -0.15) is 0 Å². The molecule has 0 spiro atoms. The molecular weight excluding hydrogens is 445 g/mol. The minimum absolute atomic E-state index is 0.0679. The lowest BCUT2D eigenvalue weighted by Crippen LogP contribution is -2.59. The van der Waals surface area contributed by atoms with Crippen LogP contribution < -0.4 is 5.32 Å². The number of aromatic amines is 1. The zero-order valence-corrected chi connectivity index (χ0v) is 19.7. The molecule has 4 aromatic rings. The first-order chi connectivity index (χ1) is 16.8. The molecule has 3 N–H and O–H groups in total. The SMILES string of the molecule is CC(NC(=O)C(C)(Cc1c[nH]c2ccccc12)N(Cc1ccc(F)cc1)C(=O)O)c1ccccc1. The molecule has 0 aliphatic carbocycles.